The van der Waals surface area contributed by atoms with Crippen molar-refractivity contribution in [2.24, 2.45) is 0 Å². The maximum absolute atomic E-state index is 12.7. The summed E-state index contributed by atoms with van der Waals surface area (Å²) in [7, 11) is 0. The molecule has 0 aliphatic heterocycles. The van der Waals surface area contributed by atoms with Crippen LogP contribution in [0.15, 0.2) is 64.2 Å². The quantitative estimate of drug-likeness (QED) is 0.376. The molecule has 0 aliphatic carbocycles. The van der Waals surface area contributed by atoms with Gasteiger partial charge in [0, 0.05) is 33.4 Å². The molecule has 5 nitrogen and oxygen atoms in total. The molecule has 2 aromatic heterocycles. The van der Waals surface area contributed by atoms with Crippen LogP contribution < -0.4 is 0 Å². The number of hydrogen-bond acceptors (Lipinski definition) is 4. The molecule has 0 aliphatic rings. The Hall–Kier alpha value is -3.20. The standard InChI is InChI=1S/C22H17F3N2O3S/c1-13-15(10-27(26-13)17-4-2-16(3-5-17)22(23,24)25)12-31-18-6-7-19-14(8-21(28)29)11-30-20(19)9-18/h2-7,9-11H,8,12H2,1H3,(H,28,29). The molecule has 0 saturated carbocycles. The molecule has 2 heterocycles. The SMILES string of the molecule is Cc1nn(-c2ccc(C(F)(F)F)cc2)cc1CSc1ccc2c(CC(=O)O)coc2c1. The highest BCUT2D eigenvalue weighted by Crippen LogP contribution is 2.31. The number of carboxylic acids is 1. The first-order chi connectivity index (χ1) is 14.7. The van der Waals surface area contributed by atoms with Crippen molar-refractivity contribution in [2.75, 3.05) is 0 Å². The van der Waals surface area contributed by atoms with Crippen LogP contribution in [-0.4, -0.2) is 20.9 Å². The van der Waals surface area contributed by atoms with Crippen LogP contribution in [0.4, 0.5) is 13.2 Å². The molecule has 0 unspecified atom stereocenters. The van der Waals surface area contributed by atoms with Crippen LogP contribution in [0.3, 0.4) is 0 Å². The van der Waals surface area contributed by atoms with Gasteiger partial charge in [0.1, 0.15) is 5.58 Å². The number of aryl methyl sites for hydroxylation is 1. The fourth-order valence-corrected chi connectivity index (χ4v) is 4.15. The van der Waals surface area contributed by atoms with E-state index in [1.54, 1.807) is 22.6 Å². The lowest BCUT2D eigenvalue weighted by molar-refractivity contribution is -0.138. The van der Waals surface area contributed by atoms with E-state index in [0.717, 1.165) is 33.7 Å². The van der Waals surface area contributed by atoms with E-state index in [0.29, 0.717) is 22.6 Å². The molecule has 0 fully saturated rings. The Morgan fingerprint density at radius 3 is 2.58 bits per heavy atom. The Labute approximate surface area is 179 Å². The fourth-order valence-electron chi connectivity index (χ4n) is 3.19. The summed E-state index contributed by atoms with van der Waals surface area (Å²) in [6, 6.07) is 10.5. The summed E-state index contributed by atoms with van der Waals surface area (Å²) < 4.78 is 45.3. The predicted octanol–water partition coefficient (Wildman–Crippen LogP) is 5.87. The minimum atomic E-state index is -4.37. The van der Waals surface area contributed by atoms with Crippen molar-refractivity contribution in [1.82, 2.24) is 9.78 Å². The maximum Gasteiger partial charge on any atom is 0.416 e. The normalized spacial score (nSPS) is 11.9. The Morgan fingerprint density at radius 1 is 1.16 bits per heavy atom. The predicted molar refractivity (Wildman–Crippen MR) is 110 cm³/mol. The van der Waals surface area contributed by atoms with Crippen molar-refractivity contribution in [3.8, 4) is 5.69 Å². The summed E-state index contributed by atoms with van der Waals surface area (Å²) >= 11 is 1.56. The third-order valence-electron chi connectivity index (χ3n) is 4.82. The molecule has 4 aromatic rings. The molecule has 31 heavy (non-hydrogen) atoms. The molecular weight excluding hydrogens is 429 g/mol. The van der Waals surface area contributed by atoms with Crippen LogP contribution >= 0.6 is 11.8 Å². The molecule has 160 valence electrons. The van der Waals surface area contributed by atoms with Crippen LogP contribution in [0.5, 0.6) is 0 Å². The number of aromatic nitrogens is 2. The van der Waals surface area contributed by atoms with Crippen LogP contribution in [0.25, 0.3) is 16.7 Å². The zero-order chi connectivity index (χ0) is 22.2. The fraction of sp³-hybridized carbons (Fsp3) is 0.182. The van der Waals surface area contributed by atoms with E-state index in [1.807, 2.05) is 25.1 Å². The molecule has 4 rings (SSSR count). The Kier molecular flexibility index (Phi) is 5.53. The monoisotopic (exact) mass is 446 g/mol. The third-order valence-corrected chi connectivity index (χ3v) is 5.87. The number of carboxylic acid groups (broad SMARTS) is 1. The van der Waals surface area contributed by atoms with Gasteiger partial charge in [0.15, 0.2) is 0 Å². The van der Waals surface area contributed by atoms with Gasteiger partial charge in [-0.3, -0.25) is 4.79 Å². The highest BCUT2D eigenvalue weighted by atomic mass is 32.2. The number of thioether (sulfide) groups is 1. The molecule has 2 aromatic carbocycles. The van der Waals surface area contributed by atoms with E-state index >= 15 is 0 Å². The first-order valence-corrected chi connectivity index (χ1v) is 10.3. The summed E-state index contributed by atoms with van der Waals surface area (Å²) in [6.45, 7) is 1.85. The van der Waals surface area contributed by atoms with Gasteiger partial charge in [-0.05, 0) is 49.4 Å². The average molecular weight is 446 g/mol. The number of fused-ring (bicyclic) bond motifs is 1. The van der Waals surface area contributed by atoms with E-state index in [2.05, 4.69) is 5.10 Å². The smallest absolute Gasteiger partial charge is 0.416 e. The van der Waals surface area contributed by atoms with Crippen molar-refractivity contribution in [3.63, 3.8) is 0 Å². The summed E-state index contributed by atoms with van der Waals surface area (Å²) in [4.78, 5) is 11.9. The van der Waals surface area contributed by atoms with Crippen LogP contribution in [0, 0.1) is 6.92 Å². The molecule has 0 spiro atoms. The van der Waals surface area contributed by atoms with E-state index in [9.17, 15) is 18.0 Å². The Bertz CT molecular complexity index is 1240. The molecule has 0 atom stereocenters. The van der Waals surface area contributed by atoms with E-state index in [4.69, 9.17) is 9.52 Å². The minimum Gasteiger partial charge on any atom is -0.481 e. The zero-order valence-electron chi connectivity index (χ0n) is 16.3. The number of nitrogens with zero attached hydrogens (tertiary/aromatic N) is 2. The first-order valence-electron chi connectivity index (χ1n) is 9.28. The van der Waals surface area contributed by atoms with E-state index in [1.165, 1.54) is 18.4 Å². The van der Waals surface area contributed by atoms with Crippen molar-refractivity contribution in [1.29, 1.82) is 0 Å². The number of carbonyl (C=O) groups is 1. The van der Waals surface area contributed by atoms with Crippen molar-refractivity contribution < 1.29 is 27.5 Å². The van der Waals surface area contributed by atoms with E-state index < -0.39 is 17.7 Å². The number of hydrogen-bond donors (Lipinski definition) is 1. The summed E-state index contributed by atoms with van der Waals surface area (Å²) in [5.74, 6) is -0.303. The van der Waals surface area contributed by atoms with Crippen molar-refractivity contribution in [3.05, 3.63) is 77.3 Å². The molecular formula is C22H17F3N2O3S. The number of aliphatic carboxylic acids is 1. The number of benzene rings is 2. The molecule has 1 N–H and O–H groups in total. The zero-order valence-corrected chi connectivity index (χ0v) is 17.1. The Morgan fingerprint density at radius 2 is 1.90 bits per heavy atom. The topological polar surface area (TPSA) is 68.3 Å². The second-order valence-electron chi connectivity index (χ2n) is 7.01. The number of halogens is 3. The van der Waals surface area contributed by atoms with Gasteiger partial charge in [0.2, 0.25) is 0 Å². The second kappa shape index (κ2) is 8.14. The first kappa shape index (κ1) is 21.0. The summed E-state index contributed by atoms with van der Waals surface area (Å²) in [6.07, 6.45) is -1.20. The van der Waals surface area contributed by atoms with Gasteiger partial charge in [0.05, 0.1) is 29.6 Å². The number of furan rings is 1. The average Bonchev–Trinajstić information content (AvgIpc) is 3.28. The lowest BCUT2D eigenvalue weighted by Gasteiger charge is -2.07. The molecule has 0 saturated heterocycles. The maximum atomic E-state index is 12.7. The lowest BCUT2D eigenvalue weighted by Crippen LogP contribution is -2.05. The van der Waals surface area contributed by atoms with Gasteiger partial charge < -0.3 is 9.52 Å². The summed E-state index contributed by atoms with van der Waals surface area (Å²) in [5, 5.41) is 14.2. The second-order valence-corrected chi connectivity index (χ2v) is 8.06. The Balaban J connectivity index is 1.48. The van der Waals surface area contributed by atoms with Crippen LogP contribution in [-0.2, 0) is 23.1 Å². The number of alkyl halides is 3. The molecule has 0 bridgehead atoms. The summed E-state index contributed by atoms with van der Waals surface area (Å²) in [5.41, 5.74) is 2.85. The molecule has 9 heteroatoms. The highest BCUT2D eigenvalue weighted by molar-refractivity contribution is 7.98. The number of rotatable bonds is 6. The van der Waals surface area contributed by atoms with Crippen molar-refractivity contribution >= 4 is 28.7 Å². The van der Waals surface area contributed by atoms with Gasteiger partial charge >= 0.3 is 12.1 Å². The third kappa shape index (κ3) is 4.61. The van der Waals surface area contributed by atoms with Crippen LogP contribution in [0.1, 0.15) is 22.4 Å². The van der Waals surface area contributed by atoms with Gasteiger partial charge in [-0.15, -0.1) is 11.8 Å². The van der Waals surface area contributed by atoms with Crippen molar-refractivity contribution in [2.45, 2.75) is 30.2 Å². The minimum absolute atomic E-state index is 0.0954. The van der Waals surface area contributed by atoms with Crippen LogP contribution in [0.2, 0.25) is 0 Å². The van der Waals surface area contributed by atoms with Gasteiger partial charge in [-0.1, -0.05) is 0 Å². The van der Waals surface area contributed by atoms with Gasteiger partial charge in [-0.25, -0.2) is 4.68 Å². The molecule has 0 amide bonds. The largest absolute Gasteiger partial charge is 0.481 e. The highest BCUT2D eigenvalue weighted by Gasteiger charge is 2.30. The van der Waals surface area contributed by atoms with Gasteiger partial charge in [-0.2, -0.15) is 18.3 Å². The van der Waals surface area contributed by atoms with E-state index in [-0.39, 0.29) is 6.42 Å². The van der Waals surface area contributed by atoms with Gasteiger partial charge in [0.25, 0.3) is 0 Å². The lowest BCUT2D eigenvalue weighted by atomic mass is 10.1. The molecule has 0 radical (unpaired) electrons.